The van der Waals surface area contributed by atoms with Gasteiger partial charge in [0.1, 0.15) is 11.8 Å². The predicted octanol–water partition coefficient (Wildman–Crippen LogP) is 4.87. The zero-order chi connectivity index (χ0) is 19.8. The normalized spacial score (nSPS) is 11.7. The fourth-order valence-corrected chi connectivity index (χ4v) is 3.38. The van der Waals surface area contributed by atoms with Crippen LogP contribution < -0.4 is 10.1 Å². The van der Waals surface area contributed by atoms with E-state index < -0.39 is 6.04 Å². The summed E-state index contributed by atoms with van der Waals surface area (Å²) in [5.74, 6) is 0.434. The van der Waals surface area contributed by atoms with E-state index in [1.165, 1.54) is 7.11 Å². The predicted molar refractivity (Wildman–Crippen MR) is 112 cm³/mol. The molecule has 144 valence electrons. The Morgan fingerprint density at radius 3 is 1.89 bits per heavy atom. The van der Waals surface area contributed by atoms with Crippen molar-refractivity contribution in [2.24, 2.45) is 0 Å². The maximum Gasteiger partial charge on any atom is 0.328 e. The molecule has 0 bridgehead atoms. The maximum absolute atomic E-state index is 12.6. The number of carbonyl (C=O) groups is 1. The number of benzene rings is 3. The molecule has 0 heterocycles. The van der Waals surface area contributed by atoms with Crippen LogP contribution >= 0.6 is 0 Å². The fraction of sp³-hybridized carbons (Fsp3) is 0.208. The van der Waals surface area contributed by atoms with E-state index in [0.717, 1.165) is 16.8 Å². The van der Waals surface area contributed by atoms with Gasteiger partial charge in [-0.1, -0.05) is 72.8 Å². The lowest BCUT2D eigenvalue weighted by Gasteiger charge is -2.25. The van der Waals surface area contributed by atoms with Crippen LogP contribution in [0.5, 0.6) is 5.75 Å². The average molecular weight is 375 g/mol. The van der Waals surface area contributed by atoms with Crippen LogP contribution in [-0.2, 0) is 9.53 Å². The first kappa shape index (κ1) is 19.5. The summed E-state index contributed by atoms with van der Waals surface area (Å²) < 4.78 is 10.5. The standard InChI is InChI=1S/C24H25NO3/c1-27-23-16-10-9-15-21(23)25-22(24(26)28-2)17-20(18-11-5-3-6-12-18)19-13-7-4-8-14-19/h3-16,20,22,25H,17H2,1-2H3. The number of para-hydroxylation sites is 2. The molecule has 1 N–H and O–H groups in total. The SMILES string of the molecule is COC(=O)C(CC(c1ccccc1)c1ccccc1)Nc1ccccc1OC. The summed E-state index contributed by atoms with van der Waals surface area (Å²) in [5, 5.41) is 3.32. The van der Waals surface area contributed by atoms with E-state index >= 15 is 0 Å². The van der Waals surface area contributed by atoms with Crippen LogP contribution in [0.25, 0.3) is 0 Å². The summed E-state index contributed by atoms with van der Waals surface area (Å²) in [6.07, 6.45) is 0.554. The molecule has 4 heteroatoms. The molecule has 0 aromatic heterocycles. The molecule has 28 heavy (non-hydrogen) atoms. The van der Waals surface area contributed by atoms with E-state index in [-0.39, 0.29) is 11.9 Å². The largest absolute Gasteiger partial charge is 0.495 e. The van der Waals surface area contributed by atoms with Crippen molar-refractivity contribution in [3.05, 3.63) is 96.1 Å². The summed E-state index contributed by atoms with van der Waals surface area (Å²) in [6, 6.07) is 27.5. The number of esters is 1. The van der Waals surface area contributed by atoms with Gasteiger partial charge in [-0.2, -0.15) is 0 Å². The van der Waals surface area contributed by atoms with Crippen LogP contribution in [0.15, 0.2) is 84.9 Å². The molecule has 3 rings (SSSR count). The molecule has 3 aromatic rings. The molecule has 1 unspecified atom stereocenters. The highest BCUT2D eigenvalue weighted by Gasteiger charge is 2.26. The van der Waals surface area contributed by atoms with Crippen molar-refractivity contribution in [2.45, 2.75) is 18.4 Å². The Bertz CT molecular complexity index is 841. The van der Waals surface area contributed by atoms with E-state index in [1.807, 2.05) is 60.7 Å². The van der Waals surface area contributed by atoms with Gasteiger partial charge in [-0.05, 0) is 29.7 Å². The highest BCUT2D eigenvalue weighted by Crippen LogP contribution is 2.32. The number of anilines is 1. The van der Waals surface area contributed by atoms with E-state index in [0.29, 0.717) is 12.2 Å². The first-order valence-corrected chi connectivity index (χ1v) is 9.30. The second kappa shape index (κ2) is 9.60. The molecule has 0 aliphatic rings. The lowest BCUT2D eigenvalue weighted by atomic mass is 9.86. The van der Waals surface area contributed by atoms with Crippen molar-refractivity contribution in [1.29, 1.82) is 0 Å². The zero-order valence-electron chi connectivity index (χ0n) is 16.2. The molecular formula is C24H25NO3. The minimum atomic E-state index is -0.522. The Balaban J connectivity index is 1.93. The molecule has 3 aromatic carbocycles. The molecule has 0 spiro atoms. The van der Waals surface area contributed by atoms with Crippen molar-refractivity contribution in [3.63, 3.8) is 0 Å². The highest BCUT2D eigenvalue weighted by atomic mass is 16.5. The van der Waals surface area contributed by atoms with Crippen molar-refractivity contribution in [1.82, 2.24) is 0 Å². The Morgan fingerprint density at radius 2 is 1.36 bits per heavy atom. The fourth-order valence-electron chi connectivity index (χ4n) is 3.38. The summed E-state index contributed by atoms with van der Waals surface area (Å²) >= 11 is 0. The third kappa shape index (κ3) is 4.71. The topological polar surface area (TPSA) is 47.6 Å². The zero-order valence-corrected chi connectivity index (χ0v) is 16.2. The highest BCUT2D eigenvalue weighted by molar-refractivity contribution is 5.80. The molecule has 1 atom stereocenters. The van der Waals surface area contributed by atoms with Gasteiger partial charge in [-0.15, -0.1) is 0 Å². The van der Waals surface area contributed by atoms with E-state index in [2.05, 4.69) is 29.6 Å². The number of hydrogen-bond acceptors (Lipinski definition) is 4. The van der Waals surface area contributed by atoms with E-state index in [4.69, 9.17) is 9.47 Å². The van der Waals surface area contributed by atoms with Crippen LogP contribution in [0, 0.1) is 0 Å². The lowest BCUT2D eigenvalue weighted by Crippen LogP contribution is -2.32. The van der Waals surface area contributed by atoms with Gasteiger partial charge in [-0.25, -0.2) is 4.79 Å². The average Bonchev–Trinajstić information content (AvgIpc) is 2.77. The Hall–Kier alpha value is -3.27. The Kier molecular flexibility index (Phi) is 6.68. The number of nitrogens with one attached hydrogen (secondary N) is 1. The van der Waals surface area contributed by atoms with Crippen LogP contribution in [0.2, 0.25) is 0 Å². The van der Waals surface area contributed by atoms with Crippen molar-refractivity contribution in [3.8, 4) is 5.75 Å². The molecule has 0 amide bonds. The van der Waals surface area contributed by atoms with Crippen LogP contribution in [0.1, 0.15) is 23.5 Å². The Morgan fingerprint density at radius 1 is 0.821 bits per heavy atom. The van der Waals surface area contributed by atoms with Crippen LogP contribution in [0.3, 0.4) is 0 Å². The first-order chi connectivity index (χ1) is 13.7. The smallest absolute Gasteiger partial charge is 0.328 e. The van der Waals surface area contributed by atoms with Gasteiger partial charge in [-0.3, -0.25) is 0 Å². The lowest BCUT2D eigenvalue weighted by molar-refractivity contribution is -0.141. The number of ether oxygens (including phenoxy) is 2. The second-order valence-corrected chi connectivity index (χ2v) is 6.53. The molecule has 0 fully saturated rings. The number of methoxy groups -OCH3 is 2. The van der Waals surface area contributed by atoms with Crippen LogP contribution in [0.4, 0.5) is 5.69 Å². The molecule has 0 saturated heterocycles. The summed E-state index contributed by atoms with van der Waals surface area (Å²) in [6.45, 7) is 0. The van der Waals surface area contributed by atoms with Crippen LogP contribution in [-0.4, -0.2) is 26.2 Å². The van der Waals surface area contributed by atoms with Gasteiger partial charge in [0.15, 0.2) is 0 Å². The molecule has 0 saturated carbocycles. The van der Waals surface area contributed by atoms with Gasteiger partial charge >= 0.3 is 5.97 Å². The van der Waals surface area contributed by atoms with Gasteiger partial charge in [0.2, 0.25) is 0 Å². The van der Waals surface area contributed by atoms with E-state index in [9.17, 15) is 4.79 Å². The summed E-state index contributed by atoms with van der Waals surface area (Å²) in [4.78, 5) is 12.6. The quantitative estimate of drug-likeness (QED) is 0.571. The van der Waals surface area contributed by atoms with E-state index in [1.54, 1.807) is 7.11 Å². The third-order valence-electron chi connectivity index (χ3n) is 4.80. The number of rotatable bonds is 8. The molecule has 0 aliphatic carbocycles. The summed E-state index contributed by atoms with van der Waals surface area (Å²) in [7, 11) is 3.03. The van der Waals surface area contributed by atoms with Crippen molar-refractivity contribution < 1.29 is 14.3 Å². The van der Waals surface area contributed by atoms with Crippen molar-refractivity contribution >= 4 is 11.7 Å². The maximum atomic E-state index is 12.6. The van der Waals surface area contributed by atoms with Crippen molar-refractivity contribution in [2.75, 3.05) is 19.5 Å². The minimum Gasteiger partial charge on any atom is -0.495 e. The molecule has 0 aliphatic heterocycles. The first-order valence-electron chi connectivity index (χ1n) is 9.30. The monoisotopic (exact) mass is 375 g/mol. The third-order valence-corrected chi connectivity index (χ3v) is 4.80. The molecule has 0 radical (unpaired) electrons. The van der Waals surface area contributed by atoms with Gasteiger partial charge < -0.3 is 14.8 Å². The number of hydrogen-bond donors (Lipinski definition) is 1. The van der Waals surface area contributed by atoms with Gasteiger partial charge in [0.25, 0.3) is 0 Å². The van der Waals surface area contributed by atoms with Gasteiger partial charge in [0, 0.05) is 5.92 Å². The Labute approximate surface area is 166 Å². The minimum absolute atomic E-state index is 0.0497. The summed E-state index contributed by atoms with van der Waals surface area (Å²) in [5.41, 5.74) is 3.08. The number of carbonyl (C=O) groups excluding carboxylic acids is 1. The van der Waals surface area contributed by atoms with Gasteiger partial charge in [0.05, 0.1) is 19.9 Å². The second-order valence-electron chi connectivity index (χ2n) is 6.53. The molecule has 4 nitrogen and oxygen atoms in total. The molecular weight excluding hydrogens is 350 g/mol.